The number of hydrogen-bond donors (Lipinski definition) is 0. The summed E-state index contributed by atoms with van der Waals surface area (Å²) in [5.41, 5.74) is 0. The summed E-state index contributed by atoms with van der Waals surface area (Å²) in [7, 11) is 0. The smallest absolute Gasteiger partial charge is 0.306 e. The van der Waals surface area contributed by atoms with Crippen LogP contribution in [0.2, 0.25) is 0 Å². The first-order chi connectivity index (χ1) is 36.0. The molecule has 6 nitrogen and oxygen atoms in total. The van der Waals surface area contributed by atoms with E-state index in [2.05, 4.69) is 130 Å². The molecule has 1 atom stereocenters. The Balaban J connectivity index is 4.24. The molecule has 0 aliphatic carbocycles. The van der Waals surface area contributed by atoms with Crippen LogP contribution in [0.25, 0.3) is 0 Å². The summed E-state index contributed by atoms with van der Waals surface area (Å²) in [6.07, 6.45) is 82.4. The van der Waals surface area contributed by atoms with E-state index in [0.717, 1.165) is 135 Å². The maximum atomic E-state index is 12.8. The number of rotatable bonds is 54. The second kappa shape index (κ2) is 60.6. The fourth-order valence-electron chi connectivity index (χ4n) is 8.22. The van der Waals surface area contributed by atoms with Gasteiger partial charge in [0.2, 0.25) is 0 Å². The molecular formula is C67H112O6. The molecule has 6 heteroatoms. The van der Waals surface area contributed by atoms with E-state index in [0.29, 0.717) is 19.3 Å². The predicted molar refractivity (Wildman–Crippen MR) is 316 cm³/mol. The van der Waals surface area contributed by atoms with Crippen molar-refractivity contribution in [1.82, 2.24) is 0 Å². The van der Waals surface area contributed by atoms with Crippen LogP contribution in [0, 0.1) is 0 Å². The quantitative estimate of drug-likeness (QED) is 0.0261. The standard InChI is InChI=1S/C67H112O6/c1-4-7-10-13-16-19-21-23-25-26-27-28-29-30-31-32-33-34-35-36-37-38-39-40-42-43-45-48-51-54-57-60-66(69)72-63-64(62-71-65(68)59-56-53-50-47-18-15-12-9-6-3)73-67(70)61-58-55-52-49-46-44-41-24-22-20-17-14-11-8-5-2/h7,10,16,19,23-25,27-28,30-31,33-34,36-37,39-41,64H,4-6,8-9,11-15,17-18,20-22,26,29,32,35,38,42-63H2,1-3H3/b10-7-,19-16-,25-23-,28-27-,31-30-,34-33-,37-36-,40-39-,41-24-. The summed E-state index contributed by atoms with van der Waals surface area (Å²) in [5.74, 6) is -0.909. The van der Waals surface area contributed by atoms with E-state index in [1.807, 2.05) is 0 Å². The van der Waals surface area contributed by atoms with Crippen molar-refractivity contribution in [2.75, 3.05) is 13.2 Å². The lowest BCUT2D eigenvalue weighted by Crippen LogP contribution is -2.30. The largest absolute Gasteiger partial charge is 0.462 e. The van der Waals surface area contributed by atoms with E-state index in [9.17, 15) is 14.4 Å². The Labute approximate surface area is 450 Å². The van der Waals surface area contributed by atoms with Gasteiger partial charge in [-0.25, -0.2) is 0 Å². The van der Waals surface area contributed by atoms with Crippen LogP contribution in [0.3, 0.4) is 0 Å². The zero-order chi connectivity index (χ0) is 52.9. The SMILES string of the molecule is CC/C=C\C/C=C\C/C=C\C/C=C\C/C=C\C/C=C\C/C=C\C/C=C\CCCCCCCCC(=O)OCC(COC(=O)CCCCCCCCCCC)OC(=O)CCCCCCC/C=C\CCCCCCCC. The average molecular weight is 1010 g/mol. The first kappa shape index (κ1) is 69.1. The Kier molecular flexibility index (Phi) is 57.4. The first-order valence-corrected chi connectivity index (χ1v) is 30.4. The fourth-order valence-corrected chi connectivity index (χ4v) is 8.22. The van der Waals surface area contributed by atoms with E-state index in [1.54, 1.807) is 0 Å². The Bertz CT molecular complexity index is 1490. The number of ether oxygens (including phenoxy) is 3. The number of unbranched alkanes of at least 4 members (excludes halogenated alkanes) is 25. The lowest BCUT2D eigenvalue weighted by molar-refractivity contribution is -0.167. The van der Waals surface area contributed by atoms with Crippen molar-refractivity contribution < 1.29 is 28.6 Å². The topological polar surface area (TPSA) is 78.9 Å². The second-order valence-corrected chi connectivity index (χ2v) is 19.9. The molecule has 0 bridgehead atoms. The number of hydrogen-bond acceptors (Lipinski definition) is 6. The summed E-state index contributed by atoms with van der Waals surface area (Å²) in [6, 6.07) is 0. The van der Waals surface area contributed by atoms with Gasteiger partial charge in [0.05, 0.1) is 0 Å². The molecule has 0 fully saturated rings. The first-order valence-electron chi connectivity index (χ1n) is 30.4. The molecule has 0 spiro atoms. The van der Waals surface area contributed by atoms with Crippen molar-refractivity contribution in [2.24, 2.45) is 0 Å². The number of esters is 3. The van der Waals surface area contributed by atoms with Gasteiger partial charge in [0, 0.05) is 19.3 Å². The van der Waals surface area contributed by atoms with E-state index in [-0.39, 0.29) is 31.1 Å². The lowest BCUT2D eigenvalue weighted by Gasteiger charge is -2.18. The molecule has 416 valence electrons. The highest BCUT2D eigenvalue weighted by Crippen LogP contribution is 2.15. The molecule has 1 unspecified atom stereocenters. The maximum Gasteiger partial charge on any atom is 0.306 e. The fraction of sp³-hybridized carbons (Fsp3) is 0.687. The van der Waals surface area contributed by atoms with Crippen LogP contribution in [-0.4, -0.2) is 37.2 Å². The highest BCUT2D eigenvalue weighted by molar-refractivity contribution is 5.71. The van der Waals surface area contributed by atoms with Crippen molar-refractivity contribution in [3.8, 4) is 0 Å². The van der Waals surface area contributed by atoms with Crippen LogP contribution in [-0.2, 0) is 28.6 Å². The van der Waals surface area contributed by atoms with Crippen LogP contribution < -0.4 is 0 Å². The third kappa shape index (κ3) is 58.8. The van der Waals surface area contributed by atoms with Crippen molar-refractivity contribution in [3.05, 3.63) is 109 Å². The Morgan fingerprint density at radius 2 is 0.534 bits per heavy atom. The molecule has 0 heterocycles. The molecule has 0 saturated carbocycles. The molecule has 0 saturated heterocycles. The van der Waals surface area contributed by atoms with Crippen LogP contribution in [0.15, 0.2) is 109 Å². The lowest BCUT2D eigenvalue weighted by atomic mass is 10.1. The van der Waals surface area contributed by atoms with Crippen LogP contribution in [0.5, 0.6) is 0 Å². The zero-order valence-electron chi connectivity index (χ0n) is 47.6. The van der Waals surface area contributed by atoms with Gasteiger partial charge in [-0.05, 0) is 109 Å². The van der Waals surface area contributed by atoms with Gasteiger partial charge in [0.1, 0.15) is 13.2 Å². The van der Waals surface area contributed by atoms with E-state index in [1.165, 1.54) is 103 Å². The van der Waals surface area contributed by atoms with Gasteiger partial charge in [-0.1, -0.05) is 259 Å². The molecule has 0 aromatic heterocycles. The van der Waals surface area contributed by atoms with Gasteiger partial charge in [-0.15, -0.1) is 0 Å². The van der Waals surface area contributed by atoms with Gasteiger partial charge in [0.25, 0.3) is 0 Å². The molecule has 0 aromatic carbocycles. The van der Waals surface area contributed by atoms with Gasteiger partial charge in [-0.3, -0.25) is 14.4 Å². The monoisotopic (exact) mass is 1010 g/mol. The summed E-state index contributed by atoms with van der Waals surface area (Å²) in [5, 5.41) is 0. The van der Waals surface area contributed by atoms with Crippen molar-refractivity contribution in [3.63, 3.8) is 0 Å². The molecular weight excluding hydrogens is 901 g/mol. The van der Waals surface area contributed by atoms with Gasteiger partial charge in [-0.2, -0.15) is 0 Å². The number of carbonyl (C=O) groups excluding carboxylic acids is 3. The van der Waals surface area contributed by atoms with Crippen molar-refractivity contribution in [2.45, 2.75) is 284 Å². The van der Waals surface area contributed by atoms with Gasteiger partial charge in [0.15, 0.2) is 6.10 Å². The van der Waals surface area contributed by atoms with Crippen molar-refractivity contribution in [1.29, 1.82) is 0 Å². The summed E-state index contributed by atoms with van der Waals surface area (Å²) in [6.45, 7) is 6.49. The van der Waals surface area contributed by atoms with Crippen molar-refractivity contribution >= 4 is 17.9 Å². The van der Waals surface area contributed by atoms with Gasteiger partial charge < -0.3 is 14.2 Å². The van der Waals surface area contributed by atoms with Gasteiger partial charge >= 0.3 is 17.9 Å². The van der Waals surface area contributed by atoms with Crippen LogP contribution >= 0.6 is 0 Å². The second-order valence-electron chi connectivity index (χ2n) is 19.9. The molecule has 0 N–H and O–H groups in total. The molecule has 0 aliphatic heterocycles. The molecule has 0 amide bonds. The Hall–Kier alpha value is -3.93. The normalized spacial score (nSPS) is 12.9. The average Bonchev–Trinajstić information content (AvgIpc) is 3.39. The molecule has 0 rings (SSSR count). The van der Waals surface area contributed by atoms with E-state index in [4.69, 9.17) is 14.2 Å². The number of carbonyl (C=O) groups is 3. The summed E-state index contributed by atoms with van der Waals surface area (Å²) < 4.78 is 16.8. The summed E-state index contributed by atoms with van der Waals surface area (Å²) >= 11 is 0. The third-order valence-electron chi connectivity index (χ3n) is 12.8. The highest BCUT2D eigenvalue weighted by atomic mass is 16.6. The third-order valence-corrected chi connectivity index (χ3v) is 12.8. The highest BCUT2D eigenvalue weighted by Gasteiger charge is 2.19. The Morgan fingerprint density at radius 1 is 0.288 bits per heavy atom. The Morgan fingerprint density at radius 3 is 0.849 bits per heavy atom. The molecule has 0 radical (unpaired) electrons. The molecule has 0 aromatic rings. The molecule has 0 aliphatic rings. The van der Waals surface area contributed by atoms with E-state index < -0.39 is 6.10 Å². The minimum atomic E-state index is -0.787. The predicted octanol–water partition coefficient (Wildman–Crippen LogP) is 20.7. The van der Waals surface area contributed by atoms with Crippen LogP contribution in [0.1, 0.15) is 278 Å². The minimum absolute atomic E-state index is 0.0847. The molecule has 73 heavy (non-hydrogen) atoms. The minimum Gasteiger partial charge on any atom is -0.462 e. The zero-order valence-corrected chi connectivity index (χ0v) is 47.6. The van der Waals surface area contributed by atoms with Crippen LogP contribution in [0.4, 0.5) is 0 Å². The van der Waals surface area contributed by atoms with E-state index >= 15 is 0 Å². The maximum absolute atomic E-state index is 12.8. The summed E-state index contributed by atoms with van der Waals surface area (Å²) in [4.78, 5) is 38.1. The number of allylic oxidation sites excluding steroid dienone is 18.